The zero-order valence-corrected chi connectivity index (χ0v) is 8.45. The molecule has 1 aliphatic carbocycles. The van der Waals surface area contributed by atoms with Gasteiger partial charge in [-0.3, -0.25) is 14.5 Å². The molecule has 0 aromatic heterocycles. The molecule has 0 aromatic carbocycles. The standard InChI is InChI=1S/C10H16N2O2/c1-7-5-8(13)12(9(7)14)6-10(11)3-2-4-10/h7H,2-6,11H2,1H3. The van der Waals surface area contributed by atoms with Crippen LogP contribution in [0.4, 0.5) is 0 Å². The van der Waals surface area contributed by atoms with Gasteiger partial charge in [0.05, 0.1) is 0 Å². The third-order valence-corrected chi connectivity index (χ3v) is 3.29. The van der Waals surface area contributed by atoms with Gasteiger partial charge >= 0.3 is 0 Å². The lowest BCUT2D eigenvalue weighted by Gasteiger charge is -2.40. The molecular weight excluding hydrogens is 180 g/mol. The normalized spacial score (nSPS) is 30.7. The van der Waals surface area contributed by atoms with Crippen LogP contribution in [0.5, 0.6) is 0 Å². The summed E-state index contributed by atoms with van der Waals surface area (Å²) in [4.78, 5) is 24.4. The van der Waals surface area contributed by atoms with Crippen LogP contribution in [0.3, 0.4) is 0 Å². The summed E-state index contributed by atoms with van der Waals surface area (Å²) in [5.74, 6) is -0.253. The molecule has 1 aliphatic heterocycles. The Balaban J connectivity index is 2.03. The van der Waals surface area contributed by atoms with Gasteiger partial charge in [-0.15, -0.1) is 0 Å². The number of imide groups is 1. The van der Waals surface area contributed by atoms with E-state index in [4.69, 9.17) is 5.73 Å². The number of amides is 2. The Bertz CT molecular complexity index is 284. The van der Waals surface area contributed by atoms with E-state index in [1.165, 1.54) is 4.90 Å². The number of likely N-dealkylation sites (tertiary alicyclic amines) is 1. The fraction of sp³-hybridized carbons (Fsp3) is 0.800. The molecule has 0 spiro atoms. The largest absolute Gasteiger partial charge is 0.324 e. The quantitative estimate of drug-likeness (QED) is 0.644. The second kappa shape index (κ2) is 3.05. The molecule has 0 bridgehead atoms. The fourth-order valence-corrected chi connectivity index (χ4v) is 2.12. The van der Waals surface area contributed by atoms with Gasteiger partial charge in [-0.1, -0.05) is 6.92 Å². The average molecular weight is 196 g/mol. The molecule has 2 aliphatic rings. The Morgan fingerprint density at radius 3 is 2.50 bits per heavy atom. The van der Waals surface area contributed by atoms with Crippen molar-refractivity contribution in [3.05, 3.63) is 0 Å². The van der Waals surface area contributed by atoms with Crippen molar-refractivity contribution >= 4 is 11.8 Å². The van der Waals surface area contributed by atoms with Crippen LogP contribution in [0.15, 0.2) is 0 Å². The Hall–Kier alpha value is -0.900. The third kappa shape index (κ3) is 1.43. The van der Waals surface area contributed by atoms with Crippen molar-refractivity contribution in [3.8, 4) is 0 Å². The van der Waals surface area contributed by atoms with Crippen LogP contribution < -0.4 is 5.73 Å². The van der Waals surface area contributed by atoms with E-state index < -0.39 is 0 Å². The number of hydrogen-bond donors (Lipinski definition) is 1. The lowest BCUT2D eigenvalue weighted by Crippen LogP contribution is -2.56. The smallest absolute Gasteiger partial charge is 0.232 e. The highest BCUT2D eigenvalue weighted by Crippen LogP contribution is 2.32. The number of nitrogens with zero attached hydrogens (tertiary/aromatic N) is 1. The molecule has 1 heterocycles. The Labute approximate surface area is 83.4 Å². The molecule has 14 heavy (non-hydrogen) atoms. The van der Waals surface area contributed by atoms with Crippen LogP contribution in [0.25, 0.3) is 0 Å². The zero-order chi connectivity index (χ0) is 10.3. The molecule has 1 saturated heterocycles. The van der Waals surface area contributed by atoms with Crippen LogP contribution in [0.1, 0.15) is 32.6 Å². The fourth-order valence-electron chi connectivity index (χ4n) is 2.12. The number of hydrogen-bond acceptors (Lipinski definition) is 3. The first-order valence-corrected chi connectivity index (χ1v) is 5.15. The lowest BCUT2D eigenvalue weighted by atomic mass is 9.77. The molecule has 1 atom stereocenters. The molecule has 4 heteroatoms. The number of carbonyl (C=O) groups excluding carboxylic acids is 2. The van der Waals surface area contributed by atoms with Gasteiger partial charge in [0, 0.05) is 24.4 Å². The first-order valence-electron chi connectivity index (χ1n) is 5.15. The molecule has 1 unspecified atom stereocenters. The van der Waals surface area contributed by atoms with E-state index in [0.29, 0.717) is 13.0 Å². The average Bonchev–Trinajstić information content (AvgIpc) is 2.29. The van der Waals surface area contributed by atoms with Gasteiger partial charge in [0.2, 0.25) is 11.8 Å². The van der Waals surface area contributed by atoms with Crippen LogP contribution >= 0.6 is 0 Å². The minimum atomic E-state index is -0.282. The maximum Gasteiger partial charge on any atom is 0.232 e. The Kier molecular flexibility index (Phi) is 2.10. The summed E-state index contributed by atoms with van der Waals surface area (Å²) >= 11 is 0. The van der Waals surface area contributed by atoms with Crippen molar-refractivity contribution in [1.82, 2.24) is 4.90 Å². The third-order valence-electron chi connectivity index (χ3n) is 3.29. The lowest BCUT2D eigenvalue weighted by molar-refractivity contribution is -0.140. The van der Waals surface area contributed by atoms with Crippen LogP contribution in [-0.4, -0.2) is 28.8 Å². The molecule has 2 rings (SSSR count). The van der Waals surface area contributed by atoms with Crippen molar-refractivity contribution in [2.24, 2.45) is 11.7 Å². The number of rotatable bonds is 2. The van der Waals surface area contributed by atoms with E-state index in [1.54, 1.807) is 6.92 Å². The molecular formula is C10H16N2O2. The summed E-state index contributed by atoms with van der Waals surface area (Å²) in [7, 11) is 0. The maximum atomic E-state index is 11.6. The molecule has 1 saturated carbocycles. The van der Waals surface area contributed by atoms with E-state index >= 15 is 0 Å². The van der Waals surface area contributed by atoms with Gasteiger partial charge in [-0.25, -0.2) is 0 Å². The SMILES string of the molecule is CC1CC(=O)N(CC2(N)CCC2)C1=O. The van der Waals surface area contributed by atoms with E-state index in [0.717, 1.165) is 19.3 Å². The molecule has 2 amide bonds. The van der Waals surface area contributed by atoms with Crippen LogP contribution in [0, 0.1) is 5.92 Å². The van der Waals surface area contributed by atoms with E-state index in [2.05, 4.69) is 0 Å². The summed E-state index contributed by atoms with van der Waals surface area (Å²) < 4.78 is 0. The monoisotopic (exact) mass is 196 g/mol. The first-order chi connectivity index (χ1) is 6.52. The van der Waals surface area contributed by atoms with Crippen molar-refractivity contribution in [3.63, 3.8) is 0 Å². The second-order valence-electron chi connectivity index (χ2n) is 4.64. The van der Waals surface area contributed by atoms with E-state index in [1.807, 2.05) is 0 Å². The predicted molar refractivity (Wildman–Crippen MR) is 51.3 cm³/mol. The summed E-state index contributed by atoms with van der Waals surface area (Å²) in [6, 6.07) is 0. The van der Waals surface area contributed by atoms with Crippen LogP contribution in [-0.2, 0) is 9.59 Å². The van der Waals surface area contributed by atoms with Crippen molar-refractivity contribution in [2.75, 3.05) is 6.54 Å². The van der Waals surface area contributed by atoms with E-state index in [-0.39, 0.29) is 23.3 Å². The van der Waals surface area contributed by atoms with E-state index in [9.17, 15) is 9.59 Å². The van der Waals surface area contributed by atoms with Crippen LogP contribution in [0.2, 0.25) is 0 Å². The Morgan fingerprint density at radius 2 is 2.14 bits per heavy atom. The first kappa shape index (κ1) is 9.65. The summed E-state index contributed by atoms with van der Waals surface area (Å²) in [6.07, 6.45) is 3.33. The molecule has 2 fully saturated rings. The van der Waals surface area contributed by atoms with Crippen molar-refractivity contribution in [2.45, 2.75) is 38.1 Å². The zero-order valence-electron chi connectivity index (χ0n) is 8.45. The van der Waals surface area contributed by atoms with Gasteiger partial charge in [0.15, 0.2) is 0 Å². The van der Waals surface area contributed by atoms with Crippen molar-refractivity contribution in [1.29, 1.82) is 0 Å². The highest BCUT2D eigenvalue weighted by molar-refractivity contribution is 6.03. The predicted octanol–water partition coefficient (Wildman–Crippen LogP) is 0.263. The second-order valence-corrected chi connectivity index (χ2v) is 4.64. The number of carbonyl (C=O) groups is 2. The highest BCUT2D eigenvalue weighted by Gasteiger charge is 2.42. The molecule has 0 radical (unpaired) electrons. The Morgan fingerprint density at radius 1 is 1.50 bits per heavy atom. The summed E-state index contributed by atoms with van der Waals surface area (Å²) in [5.41, 5.74) is 5.72. The molecule has 2 N–H and O–H groups in total. The topological polar surface area (TPSA) is 63.4 Å². The van der Waals surface area contributed by atoms with Gasteiger partial charge in [0.1, 0.15) is 0 Å². The van der Waals surface area contributed by atoms with Gasteiger partial charge < -0.3 is 5.73 Å². The maximum absolute atomic E-state index is 11.6. The minimum absolute atomic E-state index is 0.0493. The summed E-state index contributed by atoms with van der Waals surface area (Å²) in [6.45, 7) is 2.22. The molecule has 0 aromatic rings. The van der Waals surface area contributed by atoms with Gasteiger partial charge in [0.25, 0.3) is 0 Å². The molecule has 78 valence electrons. The highest BCUT2D eigenvalue weighted by atomic mass is 16.2. The summed E-state index contributed by atoms with van der Waals surface area (Å²) in [5, 5.41) is 0. The van der Waals surface area contributed by atoms with Gasteiger partial charge in [-0.05, 0) is 19.3 Å². The molecule has 4 nitrogen and oxygen atoms in total. The minimum Gasteiger partial charge on any atom is -0.324 e. The van der Waals surface area contributed by atoms with Crippen molar-refractivity contribution < 1.29 is 9.59 Å². The van der Waals surface area contributed by atoms with Gasteiger partial charge in [-0.2, -0.15) is 0 Å². The number of nitrogens with two attached hydrogens (primary N) is 1.